The highest BCUT2D eigenvalue weighted by atomic mass is 127. The van der Waals surface area contributed by atoms with Gasteiger partial charge in [-0.2, -0.15) is 0 Å². The van der Waals surface area contributed by atoms with Gasteiger partial charge in [0.1, 0.15) is 0 Å². The van der Waals surface area contributed by atoms with Gasteiger partial charge in [-0.25, -0.2) is 8.42 Å². The van der Waals surface area contributed by atoms with Crippen LogP contribution in [0.1, 0.15) is 0 Å². The Bertz CT molecular complexity index is 510. The van der Waals surface area contributed by atoms with Crippen LogP contribution in [0.4, 0.5) is 0 Å². The topological polar surface area (TPSA) is 77.4 Å². The average Bonchev–Trinajstić information content (AvgIpc) is 2.29. The molecule has 0 bridgehead atoms. The average molecular weight is 378 g/mol. The largest absolute Gasteiger partial charge is 0.726 e. The lowest BCUT2D eigenvalue weighted by atomic mass is 10.4. The Balaban J connectivity index is 0.000000280. The third kappa shape index (κ3) is 8.18. The lowest BCUT2D eigenvalue weighted by molar-refractivity contribution is -0.597. The van der Waals surface area contributed by atoms with E-state index in [0.717, 1.165) is 0 Å². The standard InChI is InChI=1S/C12H10I.H2O4S/c1-3-7-11(8-4-1)13-12-9-5-2-6-10-12;1-5(2,3)4/h1-10H;(H2,1,2,3,4)/q+1;/p-1. The van der Waals surface area contributed by atoms with Crippen molar-refractivity contribution in [3.8, 4) is 0 Å². The van der Waals surface area contributed by atoms with Crippen LogP contribution < -0.4 is 21.2 Å². The molecule has 96 valence electrons. The molecular formula is C12H11IO4S. The van der Waals surface area contributed by atoms with Crippen LogP contribution in [-0.4, -0.2) is 17.5 Å². The van der Waals surface area contributed by atoms with Crippen LogP contribution in [0.25, 0.3) is 0 Å². The van der Waals surface area contributed by atoms with Crippen molar-refractivity contribution in [1.29, 1.82) is 0 Å². The maximum absolute atomic E-state index is 8.63. The molecule has 0 aromatic heterocycles. The molecule has 0 radical (unpaired) electrons. The molecule has 0 saturated carbocycles. The van der Waals surface area contributed by atoms with E-state index in [-0.39, 0.29) is 21.2 Å². The quantitative estimate of drug-likeness (QED) is 0.406. The van der Waals surface area contributed by atoms with E-state index >= 15 is 0 Å². The number of rotatable bonds is 2. The Kier molecular flexibility index (Phi) is 6.27. The minimum atomic E-state index is -4.92. The Hall–Kier alpha value is -0.960. The highest BCUT2D eigenvalue weighted by Gasteiger charge is 2.12. The summed E-state index contributed by atoms with van der Waals surface area (Å²) in [6.07, 6.45) is 0. The van der Waals surface area contributed by atoms with Crippen molar-refractivity contribution in [2.45, 2.75) is 0 Å². The lowest BCUT2D eigenvalue weighted by Crippen LogP contribution is -3.61. The number of hydrogen-bond donors (Lipinski definition) is 1. The molecule has 0 aliphatic carbocycles. The monoisotopic (exact) mass is 378 g/mol. The molecule has 0 amide bonds. The van der Waals surface area contributed by atoms with Crippen molar-refractivity contribution in [2.75, 3.05) is 0 Å². The Labute approximate surface area is 117 Å². The molecule has 4 nitrogen and oxygen atoms in total. The first-order chi connectivity index (χ1) is 8.45. The van der Waals surface area contributed by atoms with E-state index in [9.17, 15) is 0 Å². The molecule has 2 rings (SSSR count). The van der Waals surface area contributed by atoms with Gasteiger partial charge in [0.2, 0.25) is 10.4 Å². The van der Waals surface area contributed by atoms with Gasteiger partial charge in [-0.05, 0) is 24.3 Å². The van der Waals surface area contributed by atoms with Crippen LogP contribution in [0.5, 0.6) is 0 Å². The van der Waals surface area contributed by atoms with Crippen molar-refractivity contribution in [1.82, 2.24) is 0 Å². The minimum Gasteiger partial charge on any atom is -0.726 e. The first-order valence-corrected chi connectivity index (χ1v) is 8.40. The van der Waals surface area contributed by atoms with Crippen LogP contribution in [0.15, 0.2) is 60.7 Å². The molecular weight excluding hydrogens is 367 g/mol. The third-order valence-corrected chi connectivity index (χ3v) is 4.37. The van der Waals surface area contributed by atoms with Gasteiger partial charge in [-0.1, -0.05) is 36.4 Å². The van der Waals surface area contributed by atoms with Gasteiger partial charge in [-0.3, -0.25) is 4.55 Å². The molecule has 0 aliphatic rings. The van der Waals surface area contributed by atoms with Crippen molar-refractivity contribution in [3.63, 3.8) is 0 Å². The summed E-state index contributed by atoms with van der Waals surface area (Å²) >= 11 is 0.0287. The second-order valence-electron chi connectivity index (χ2n) is 3.11. The number of benzene rings is 2. The van der Waals surface area contributed by atoms with Crippen LogP contribution in [0, 0.1) is 7.14 Å². The summed E-state index contributed by atoms with van der Waals surface area (Å²) in [5, 5.41) is 0. The van der Waals surface area contributed by atoms with Gasteiger partial charge in [0, 0.05) is 0 Å². The Morgan fingerprint density at radius 3 is 1.39 bits per heavy atom. The molecule has 2 aromatic rings. The van der Waals surface area contributed by atoms with E-state index in [2.05, 4.69) is 60.7 Å². The second kappa shape index (κ2) is 7.47. The molecule has 0 heterocycles. The molecule has 2 aromatic carbocycles. The third-order valence-electron chi connectivity index (χ3n) is 1.68. The van der Waals surface area contributed by atoms with E-state index in [0.29, 0.717) is 0 Å². The second-order valence-corrected chi connectivity index (χ2v) is 7.00. The Morgan fingerprint density at radius 1 is 0.833 bits per heavy atom. The van der Waals surface area contributed by atoms with E-state index < -0.39 is 10.4 Å². The first-order valence-electron chi connectivity index (χ1n) is 4.88. The zero-order valence-electron chi connectivity index (χ0n) is 9.23. The minimum absolute atomic E-state index is 0.0287. The summed E-state index contributed by atoms with van der Waals surface area (Å²) in [5.41, 5.74) is 0. The highest BCUT2D eigenvalue weighted by molar-refractivity contribution is 7.79. The van der Waals surface area contributed by atoms with E-state index in [1.54, 1.807) is 0 Å². The summed E-state index contributed by atoms with van der Waals surface area (Å²) in [4.78, 5) is 0. The predicted molar refractivity (Wildman–Crippen MR) is 62.6 cm³/mol. The summed E-state index contributed by atoms with van der Waals surface area (Å²) in [6, 6.07) is 21.4. The molecule has 18 heavy (non-hydrogen) atoms. The number of halogens is 1. The fourth-order valence-electron chi connectivity index (χ4n) is 1.08. The summed E-state index contributed by atoms with van der Waals surface area (Å²) < 4.78 is 35.8. The van der Waals surface area contributed by atoms with Crippen molar-refractivity contribution < 1.29 is 38.7 Å². The van der Waals surface area contributed by atoms with E-state index in [1.165, 1.54) is 7.14 Å². The first kappa shape index (κ1) is 15.1. The zero-order chi connectivity index (χ0) is 13.4. The predicted octanol–water partition coefficient (Wildman–Crippen LogP) is -1.18. The van der Waals surface area contributed by atoms with Gasteiger partial charge in [0.15, 0.2) is 7.14 Å². The lowest BCUT2D eigenvalue weighted by Gasteiger charge is -1.88. The molecule has 6 heteroatoms. The van der Waals surface area contributed by atoms with Crippen LogP contribution in [-0.2, 0) is 10.4 Å². The normalized spacial score (nSPS) is 10.3. The molecule has 0 atom stereocenters. The zero-order valence-corrected chi connectivity index (χ0v) is 12.2. The van der Waals surface area contributed by atoms with Gasteiger partial charge < -0.3 is 4.55 Å². The van der Waals surface area contributed by atoms with Gasteiger partial charge in [0.25, 0.3) is 0 Å². The molecule has 0 spiro atoms. The van der Waals surface area contributed by atoms with E-state index in [4.69, 9.17) is 17.5 Å². The van der Waals surface area contributed by atoms with Gasteiger partial charge >= 0.3 is 21.2 Å². The smallest absolute Gasteiger partial charge is 0.357 e. The molecule has 0 fully saturated rings. The molecule has 0 unspecified atom stereocenters. The SMILES string of the molecule is O=S(=O)([O-])O.c1ccc([I+]c2ccccc2)cc1. The maximum Gasteiger partial charge on any atom is 0.357 e. The summed E-state index contributed by atoms with van der Waals surface area (Å²) in [5.74, 6) is 0. The highest BCUT2D eigenvalue weighted by Crippen LogP contribution is 1.85. The molecule has 0 aliphatic heterocycles. The van der Waals surface area contributed by atoms with Gasteiger partial charge in [0.05, 0.1) is 0 Å². The fourth-order valence-corrected chi connectivity index (χ4v) is 3.35. The van der Waals surface area contributed by atoms with Gasteiger partial charge in [-0.15, -0.1) is 0 Å². The van der Waals surface area contributed by atoms with Crippen molar-refractivity contribution >= 4 is 10.4 Å². The summed E-state index contributed by atoms with van der Waals surface area (Å²) in [6.45, 7) is 0. The summed E-state index contributed by atoms with van der Waals surface area (Å²) in [7, 11) is -4.92. The Morgan fingerprint density at radius 2 is 1.11 bits per heavy atom. The van der Waals surface area contributed by atoms with Crippen LogP contribution >= 0.6 is 0 Å². The van der Waals surface area contributed by atoms with E-state index in [1.807, 2.05) is 0 Å². The molecule has 1 N–H and O–H groups in total. The van der Waals surface area contributed by atoms with Crippen LogP contribution in [0.2, 0.25) is 0 Å². The van der Waals surface area contributed by atoms with Crippen LogP contribution in [0.3, 0.4) is 0 Å². The van der Waals surface area contributed by atoms with Crippen molar-refractivity contribution in [2.24, 2.45) is 0 Å². The fraction of sp³-hybridized carbons (Fsp3) is 0. The molecule has 0 saturated heterocycles. The number of hydrogen-bond acceptors (Lipinski definition) is 3. The van der Waals surface area contributed by atoms with Crippen molar-refractivity contribution in [3.05, 3.63) is 67.8 Å². The maximum atomic E-state index is 8.63.